The highest BCUT2D eigenvalue weighted by atomic mass is 79.9. The first-order chi connectivity index (χ1) is 7.72. The van der Waals surface area contributed by atoms with Crippen LogP contribution in [0.1, 0.15) is 42.3 Å². The van der Waals surface area contributed by atoms with Gasteiger partial charge in [0.2, 0.25) is 0 Å². The Labute approximate surface area is 109 Å². The van der Waals surface area contributed by atoms with E-state index in [1.165, 1.54) is 17.8 Å². The van der Waals surface area contributed by atoms with E-state index in [-0.39, 0.29) is 5.91 Å². The molecule has 1 aliphatic heterocycles. The molecule has 2 heterocycles. The van der Waals surface area contributed by atoms with Crippen LogP contribution in [0.15, 0.2) is 15.9 Å². The van der Waals surface area contributed by atoms with Crippen LogP contribution in [-0.2, 0) is 0 Å². The van der Waals surface area contributed by atoms with Crippen molar-refractivity contribution < 1.29 is 4.79 Å². The number of amides is 1. The standard InChI is InChI=1S/C12H16BrNOS/c1-2-9-5-3-4-8-14(9)12(15)10-6-7-11(13)16-10/h6-7,9H,2-5,8H2,1H3/t9-/m1/s1. The Balaban J connectivity index is 2.13. The summed E-state index contributed by atoms with van der Waals surface area (Å²) in [6.45, 7) is 3.09. The average molecular weight is 302 g/mol. The summed E-state index contributed by atoms with van der Waals surface area (Å²) in [5.41, 5.74) is 0. The quantitative estimate of drug-likeness (QED) is 0.811. The molecule has 1 amide bonds. The van der Waals surface area contributed by atoms with Gasteiger partial charge < -0.3 is 4.90 Å². The second-order valence-corrected chi connectivity index (χ2v) is 6.62. The number of carbonyl (C=O) groups is 1. The van der Waals surface area contributed by atoms with E-state index in [4.69, 9.17) is 0 Å². The fourth-order valence-corrected chi connectivity index (χ4v) is 3.61. The van der Waals surface area contributed by atoms with Crippen LogP contribution < -0.4 is 0 Å². The summed E-state index contributed by atoms with van der Waals surface area (Å²) in [5, 5.41) is 0. The first kappa shape index (κ1) is 12.1. The fraction of sp³-hybridized carbons (Fsp3) is 0.583. The van der Waals surface area contributed by atoms with Gasteiger partial charge in [0.1, 0.15) is 0 Å². The molecule has 0 unspecified atom stereocenters. The maximum absolute atomic E-state index is 12.3. The number of piperidine rings is 1. The lowest BCUT2D eigenvalue weighted by atomic mass is 10.00. The van der Waals surface area contributed by atoms with Crippen LogP contribution in [0.3, 0.4) is 0 Å². The summed E-state index contributed by atoms with van der Waals surface area (Å²) < 4.78 is 1.03. The second kappa shape index (κ2) is 5.32. The van der Waals surface area contributed by atoms with Crippen molar-refractivity contribution in [3.05, 3.63) is 20.8 Å². The van der Waals surface area contributed by atoms with Crippen LogP contribution in [0, 0.1) is 0 Å². The van der Waals surface area contributed by atoms with Crippen LogP contribution in [0.25, 0.3) is 0 Å². The predicted molar refractivity (Wildman–Crippen MR) is 71.0 cm³/mol. The van der Waals surface area contributed by atoms with Crippen molar-refractivity contribution in [2.45, 2.75) is 38.6 Å². The summed E-state index contributed by atoms with van der Waals surface area (Å²) in [4.78, 5) is 15.2. The molecule has 0 saturated carbocycles. The molecule has 1 atom stereocenters. The number of nitrogens with zero attached hydrogens (tertiary/aromatic N) is 1. The van der Waals surface area contributed by atoms with Crippen molar-refractivity contribution in [2.75, 3.05) is 6.54 Å². The second-order valence-electron chi connectivity index (χ2n) is 4.16. The molecular weight excluding hydrogens is 286 g/mol. The molecule has 4 heteroatoms. The molecule has 0 bridgehead atoms. The molecule has 0 N–H and O–H groups in total. The maximum Gasteiger partial charge on any atom is 0.264 e. The molecular formula is C12H16BrNOS. The van der Waals surface area contributed by atoms with Gasteiger partial charge in [-0.3, -0.25) is 4.79 Å². The Bertz CT molecular complexity index is 377. The van der Waals surface area contributed by atoms with Crippen LogP contribution in [0.5, 0.6) is 0 Å². The number of hydrogen-bond acceptors (Lipinski definition) is 2. The molecule has 1 aromatic heterocycles. The van der Waals surface area contributed by atoms with Crippen LogP contribution in [0.2, 0.25) is 0 Å². The van der Waals surface area contributed by atoms with E-state index < -0.39 is 0 Å². The third-order valence-corrected chi connectivity index (χ3v) is 4.75. The largest absolute Gasteiger partial charge is 0.335 e. The van der Waals surface area contributed by atoms with Gasteiger partial charge in [0.05, 0.1) is 8.66 Å². The molecule has 0 spiro atoms. The topological polar surface area (TPSA) is 20.3 Å². The first-order valence-corrected chi connectivity index (χ1v) is 7.39. The molecule has 1 fully saturated rings. The van der Waals surface area contributed by atoms with E-state index in [9.17, 15) is 4.79 Å². The highest BCUT2D eigenvalue weighted by molar-refractivity contribution is 9.11. The number of hydrogen-bond donors (Lipinski definition) is 0. The molecule has 16 heavy (non-hydrogen) atoms. The maximum atomic E-state index is 12.3. The number of rotatable bonds is 2. The van der Waals surface area contributed by atoms with Crippen LogP contribution in [0.4, 0.5) is 0 Å². The molecule has 0 aromatic carbocycles. The van der Waals surface area contributed by atoms with E-state index in [1.54, 1.807) is 0 Å². The molecule has 1 saturated heterocycles. The number of halogens is 1. The van der Waals surface area contributed by atoms with Crippen molar-refractivity contribution in [1.82, 2.24) is 4.90 Å². The first-order valence-electron chi connectivity index (χ1n) is 5.78. The number of carbonyl (C=O) groups excluding carboxylic acids is 1. The van der Waals surface area contributed by atoms with E-state index in [0.29, 0.717) is 6.04 Å². The Morgan fingerprint density at radius 3 is 3.00 bits per heavy atom. The molecule has 0 radical (unpaired) electrons. The van der Waals surface area contributed by atoms with Gasteiger partial charge in [0.25, 0.3) is 5.91 Å². The smallest absolute Gasteiger partial charge is 0.264 e. The van der Waals surface area contributed by atoms with E-state index in [1.807, 2.05) is 12.1 Å². The van der Waals surface area contributed by atoms with Crippen molar-refractivity contribution in [3.63, 3.8) is 0 Å². The highest BCUT2D eigenvalue weighted by Crippen LogP contribution is 2.27. The average Bonchev–Trinajstić information content (AvgIpc) is 2.75. The van der Waals surface area contributed by atoms with Crippen molar-refractivity contribution in [2.24, 2.45) is 0 Å². The summed E-state index contributed by atoms with van der Waals surface area (Å²) in [7, 11) is 0. The molecule has 2 rings (SSSR count). The van der Waals surface area contributed by atoms with Gasteiger partial charge in [-0.15, -0.1) is 11.3 Å². The fourth-order valence-electron chi connectivity index (χ4n) is 2.26. The Morgan fingerprint density at radius 2 is 2.38 bits per heavy atom. The van der Waals surface area contributed by atoms with Crippen molar-refractivity contribution >= 4 is 33.2 Å². The lowest BCUT2D eigenvalue weighted by Crippen LogP contribution is -2.43. The zero-order valence-corrected chi connectivity index (χ0v) is 11.8. The monoisotopic (exact) mass is 301 g/mol. The van der Waals surface area contributed by atoms with Gasteiger partial charge in [-0.2, -0.15) is 0 Å². The van der Waals surface area contributed by atoms with E-state index >= 15 is 0 Å². The minimum absolute atomic E-state index is 0.210. The van der Waals surface area contributed by atoms with Crippen LogP contribution >= 0.6 is 27.3 Å². The highest BCUT2D eigenvalue weighted by Gasteiger charge is 2.26. The minimum Gasteiger partial charge on any atom is -0.335 e. The Hall–Kier alpha value is -0.350. The zero-order valence-electron chi connectivity index (χ0n) is 9.41. The lowest BCUT2D eigenvalue weighted by molar-refractivity contribution is 0.0613. The van der Waals surface area contributed by atoms with Crippen molar-refractivity contribution in [3.8, 4) is 0 Å². The number of likely N-dealkylation sites (tertiary alicyclic amines) is 1. The summed E-state index contributed by atoms with van der Waals surface area (Å²) in [5.74, 6) is 0.210. The van der Waals surface area contributed by atoms with Gasteiger partial charge in [-0.05, 0) is 53.7 Å². The Morgan fingerprint density at radius 1 is 1.56 bits per heavy atom. The van der Waals surface area contributed by atoms with Crippen molar-refractivity contribution in [1.29, 1.82) is 0 Å². The van der Waals surface area contributed by atoms with Gasteiger partial charge in [-0.25, -0.2) is 0 Å². The zero-order chi connectivity index (χ0) is 11.5. The van der Waals surface area contributed by atoms with Crippen LogP contribution in [-0.4, -0.2) is 23.4 Å². The molecule has 1 aromatic rings. The van der Waals surface area contributed by atoms with Gasteiger partial charge in [0.15, 0.2) is 0 Å². The summed E-state index contributed by atoms with van der Waals surface area (Å²) >= 11 is 4.93. The van der Waals surface area contributed by atoms with Gasteiger partial charge >= 0.3 is 0 Å². The lowest BCUT2D eigenvalue weighted by Gasteiger charge is -2.34. The van der Waals surface area contributed by atoms with E-state index in [2.05, 4.69) is 27.8 Å². The minimum atomic E-state index is 0.210. The predicted octanol–water partition coefficient (Wildman–Crippen LogP) is 3.92. The van der Waals surface area contributed by atoms with Gasteiger partial charge in [0, 0.05) is 12.6 Å². The molecule has 0 aliphatic carbocycles. The Kier molecular flexibility index (Phi) is 4.03. The summed E-state index contributed by atoms with van der Waals surface area (Å²) in [6.07, 6.45) is 4.64. The van der Waals surface area contributed by atoms with Gasteiger partial charge in [-0.1, -0.05) is 6.92 Å². The third kappa shape index (κ3) is 2.48. The van der Waals surface area contributed by atoms with E-state index in [0.717, 1.165) is 34.5 Å². The number of thiophene rings is 1. The normalized spacial score (nSPS) is 21.1. The summed E-state index contributed by atoms with van der Waals surface area (Å²) in [6, 6.07) is 4.31. The SMILES string of the molecule is CC[C@@H]1CCCCN1C(=O)c1ccc(Br)s1. The third-order valence-electron chi connectivity index (χ3n) is 3.14. The molecule has 2 nitrogen and oxygen atoms in total. The molecule has 1 aliphatic rings. The molecule has 88 valence electrons.